The maximum absolute atomic E-state index is 11.8. The van der Waals surface area contributed by atoms with Gasteiger partial charge in [-0.1, -0.05) is 18.2 Å². The smallest absolute Gasteiger partial charge is 0.339 e. The maximum Gasteiger partial charge on any atom is 0.339 e. The molecule has 1 aromatic carbocycles. The monoisotopic (exact) mass is 287 g/mol. The number of benzene rings is 1. The SMILES string of the molecule is COC(=O)c1ccccc1NC(c1cccs1)C1CC1. The van der Waals surface area contributed by atoms with Crippen molar-refractivity contribution in [2.45, 2.75) is 18.9 Å². The molecule has 3 rings (SSSR count). The average Bonchev–Trinajstić information content (AvgIpc) is 3.18. The van der Waals surface area contributed by atoms with Gasteiger partial charge in [0.15, 0.2) is 0 Å². The molecular formula is C16H17NO2S. The highest BCUT2D eigenvalue weighted by atomic mass is 32.1. The first-order chi connectivity index (χ1) is 9.79. The van der Waals surface area contributed by atoms with E-state index in [1.54, 1.807) is 17.4 Å². The molecule has 1 heterocycles. The highest BCUT2D eigenvalue weighted by Gasteiger charge is 2.33. The van der Waals surface area contributed by atoms with Crippen LogP contribution in [-0.4, -0.2) is 13.1 Å². The van der Waals surface area contributed by atoms with Crippen LogP contribution in [0.4, 0.5) is 5.69 Å². The summed E-state index contributed by atoms with van der Waals surface area (Å²) < 4.78 is 4.85. The van der Waals surface area contributed by atoms with Crippen LogP contribution >= 0.6 is 11.3 Å². The Kier molecular flexibility index (Phi) is 3.74. The third kappa shape index (κ3) is 2.70. The molecule has 1 aliphatic carbocycles. The first-order valence-corrected chi connectivity index (χ1v) is 7.65. The number of para-hydroxylation sites is 1. The zero-order chi connectivity index (χ0) is 13.9. The van der Waals surface area contributed by atoms with Crippen molar-refractivity contribution in [3.8, 4) is 0 Å². The van der Waals surface area contributed by atoms with E-state index in [2.05, 4.69) is 22.8 Å². The number of carbonyl (C=O) groups excluding carboxylic acids is 1. The van der Waals surface area contributed by atoms with E-state index in [0.717, 1.165) is 5.69 Å². The van der Waals surface area contributed by atoms with E-state index in [4.69, 9.17) is 4.74 Å². The highest BCUT2D eigenvalue weighted by Crippen LogP contribution is 2.44. The van der Waals surface area contributed by atoms with Gasteiger partial charge in [-0.25, -0.2) is 4.79 Å². The van der Waals surface area contributed by atoms with Gasteiger partial charge < -0.3 is 10.1 Å². The van der Waals surface area contributed by atoms with Crippen LogP contribution < -0.4 is 5.32 Å². The lowest BCUT2D eigenvalue weighted by Gasteiger charge is -2.20. The first-order valence-electron chi connectivity index (χ1n) is 6.77. The molecule has 0 aliphatic heterocycles. The Morgan fingerprint density at radius 3 is 2.75 bits per heavy atom. The Balaban J connectivity index is 1.87. The predicted octanol–water partition coefficient (Wildman–Crippen LogP) is 4.10. The van der Waals surface area contributed by atoms with Crippen molar-refractivity contribution in [3.63, 3.8) is 0 Å². The predicted molar refractivity (Wildman–Crippen MR) is 81.2 cm³/mol. The second kappa shape index (κ2) is 5.67. The standard InChI is InChI=1S/C16H17NO2S/c1-19-16(18)12-5-2-3-6-13(12)17-15(11-8-9-11)14-7-4-10-20-14/h2-7,10-11,15,17H,8-9H2,1H3. The Morgan fingerprint density at radius 1 is 1.30 bits per heavy atom. The molecule has 1 fully saturated rings. The Labute approximate surface area is 122 Å². The molecule has 4 heteroatoms. The molecule has 0 amide bonds. The van der Waals surface area contributed by atoms with E-state index in [1.165, 1.54) is 24.8 Å². The number of rotatable bonds is 5. The molecule has 1 atom stereocenters. The molecule has 1 aromatic heterocycles. The van der Waals surface area contributed by atoms with Crippen LogP contribution in [-0.2, 0) is 4.74 Å². The summed E-state index contributed by atoms with van der Waals surface area (Å²) in [5, 5.41) is 5.63. The van der Waals surface area contributed by atoms with Crippen LogP contribution in [0.2, 0.25) is 0 Å². The number of esters is 1. The van der Waals surface area contributed by atoms with Crippen molar-refractivity contribution in [2.75, 3.05) is 12.4 Å². The van der Waals surface area contributed by atoms with Gasteiger partial charge in [-0.3, -0.25) is 0 Å². The van der Waals surface area contributed by atoms with E-state index < -0.39 is 0 Å². The second-order valence-corrected chi connectivity index (χ2v) is 5.99. The minimum absolute atomic E-state index is 0.292. The zero-order valence-electron chi connectivity index (χ0n) is 11.3. The normalized spacial score (nSPS) is 15.7. The van der Waals surface area contributed by atoms with Crippen LogP contribution in [0.15, 0.2) is 41.8 Å². The van der Waals surface area contributed by atoms with Crippen molar-refractivity contribution >= 4 is 23.0 Å². The first kappa shape index (κ1) is 13.2. The van der Waals surface area contributed by atoms with Gasteiger partial charge in [0.25, 0.3) is 0 Å². The van der Waals surface area contributed by atoms with Crippen LogP contribution in [0.5, 0.6) is 0 Å². The molecule has 0 spiro atoms. The van der Waals surface area contributed by atoms with E-state index in [-0.39, 0.29) is 5.97 Å². The lowest BCUT2D eigenvalue weighted by Crippen LogP contribution is -2.14. The van der Waals surface area contributed by atoms with Crippen LogP contribution in [0.3, 0.4) is 0 Å². The average molecular weight is 287 g/mol. The molecular weight excluding hydrogens is 270 g/mol. The van der Waals surface area contributed by atoms with Crippen molar-refractivity contribution in [3.05, 3.63) is 52.2 Å². The number of hydrogen-bond donors (Lipinski definition) is 1. The fourth-order valence-corrected chi connectivity index (χ4v) is 3.25. The van der Waals surface area contributed by atoms with Gasteiger partial charge in [0.2, 0.25) is 0 Å². The number of carbonyl (C=O) groups is 1. The van der Waals surface area contributed by atoms with Gasteiger partial charge in [0.1, 0.15) is 0 Å². The molecule has 20 heavy (non-hydrogen) atoms. The molecule has 104 valence electrons. The third-order valence-corrected chi connectivity index (χ3v) is 4.54. The summed E-state index contributed by atoms with van der Waals surface area (Å²) in [6.07, 6.45) is 2.49. The molecule has 0 saturated heterocycles. The van der Waals surface area contributed by atoms with E-state index in [0.29, 0.717) is 17.5 Å². The summed E-state index contributed by atoms with van der Waals surface area (Å²) in [6.45, 7) is 0. The molecule has 0 radical (unpaired) electrons. The molecule has 0 bridgehead atoms. The van der Waals surface area contributed by atoms with Gasteiger partial charge in [-0.15, -0.1) is 11.3 Å². The topological polar surface area (TPSA) is 38.3 Å². The van der Waals surface area contributed by atoms with Gasteiger partial charge in [0, 0.05) is 10.6 Å². The number of hydrogen-bond acceptors (Lipinski definition) is 4. The summed E-state index contributed by atoms with van der Waals surface area (Å²) in [6, 6.07) is 12.1. The molecule has 1 N–H and O–H groups in total. The summed E-state index contributed by atoms with van der Waals surface area (Å²) in [5.41, 5.74) is 1.45. The van der Waals surface area contributed by atoms with Crippen molar-refractivity contribution in [2.24, 2.45) is 5.92 Å². The molecule has 3 nitrogen and oxygen atoms in total. The summed E-state index contributed by atoms with van der Waals surface area (Å²) in [5.74, 6) is 0.369. The minimum atomic E-state index is -0.297. The largest absolute Gasteiger partial charge is 0.465 e. The number of thiophene rings is 1. The van der Waals surface area contributed by atoms with Gasteiger partial charge >= 0.3 is 5.97 Å². The summed E-state index contributed by atoms with van der Waals surface area (Å²) >= 11 is 1.76. The fourth-order valence-electron chi connectivity index (χ4n) is 2.38. The Morgan fingerprint density at radius 2 is 2.10 bits per heavy atom. The van der Waals surface area contributed by atoms with Gasteiger partial charge in [-0.05, 0) is 42.3 Å². The number of ether oxygens (including phenoxy) is 1. The minimum Gasteiger partial charge on any atom is -0.465 e. The lowest BCUT2D eigenvalue weighted by atomic mass is 10.1. The van der Waals surface area contributed by atoms with E-state index in [9.17, 15) is 4.79 Å². The fraction of sp³-hybridized carbons (Fsp3) is 0.312. The van der Waals surface area contributed by atoms with E-state index in [1.807, 2.05) is 18.2 Å². The van der Waals surface area contributed by atoms with Crippen molar-refractivity contribution < 1.29 is 9.53 Å². The number of methoxy groups -OCH3 is 1. The molecule has 2 aromatic rings. The molecule has 1 unspecified atom stereocenters. The van der Waals surface area contributed by atoms with Crippen molar-refractivity contribution in [1.82, 2.24) is 0 Å². The Hall–Kier alpha value is -1.81. The molecule has 1 aliphatic rings. The molecule has 1 saturated carbocycles. The van der Waals surface area contributed by atoms with Gasteiger partial charge in [-0.2, -0.15) is 0 Å². The Bertz CT molecular complexity index is 590. The number of nitrogens with one attached hydrogen (secondary N) is 1. The van der Waals surface area contributed by atoms with E-state index >= 15 is 0 Å². The van der Waals surface area contributed by atoms with Crippen LogP contribution in [0.25, 0.3) is 0 Å². The number of anilines is 1. The zero-order valence-corrected chi connectivity index (χ0v) is 12.2. The van der Waals surface area contributed by atoms with Gasteiger partial charge in [0.05, 0.1) is 18.7 Å². The second-order valence-electron chi connectivity index (χ2n) is 5.01. The highest BCUT2D eigenvalue weighted by molar-refractivity contribution is 7.10. The summed E-state index contributed by atoms with van der Waals surface area (Å²) in [7, 11) is 1.41. The quantitative estimate of drug-likeness (QED) is 0.841. The maximum atomic E-state index is 11.8. The van der Waals surface area contributed by atoms with Crippen molar-refractivity contribution in [1.29, 1.82) is 0 Å². The van der Waals surface area contributed by atoms with Crippen LogP contribution in [0, 0.1) is 5.92 Å². The third-order valence-electron chi connectivity index (χ3n) is 3.59. The summed E-state index contributed by atoms with van der Waals surface area (Å²) in [4.78, 5) is 13.2. The lowest BCUT2D eigenvalue weighted by molar-refractivity contribution is 0.0602. The van der Waals surface area contributed by atoms with Crippen LogP contribution in [0.1, 0.15) is 34.1 Å².